The molecule has 0 fully saturated rings. The Bertz CT molecular complexity index is 440. The summed E-state index contributed by atoms with van der Waals surface area (Å²) in [6.45, 7) is 3.22. The molecule has 0 aliphatic carbocycles. The first kappa shape index (κ1) is 12.4. The van der Waals surface area contributed by atoms with Gasteiger partial charge < -0.3 is 5.11 Å². The molecule has 0 saturated heterocycles. The molecule has 0 amide bonds. The number of rotatable bonds is 4. The van der Waals surface area contributed by atoms with Crippen molar-refractivity contribution in [2.45, 2.75) is 0 Å². The zero-order valence-corrected chi connectivity index (χ0v) is 9.42. The van der Waals surface area contributed by atoms with Crippen molar-refractivity contribution in [2.75, 3.05) is 6.26 Å². The average Bonchev–Trinajstić information content (AvgIpc) is 2.26. The fraction of sp³-hybridized carbons (Fsp3) is 0.0909. The van der Waals surface area contributed by atoms with Crippen LogP contribution >= 0.6 is 11.8 Å². The van der Waals surface area contributed by atoms with E-state index in [-0.39, 0.29) is 11.5 Å². The van der Waals surface area contributed by atoms with E-state index in [0.29, 0.717) is 10.5 Å². The molecule has 0 aliphatic rings. The highest BCUT2D eigenvalue weighted by Crippen LogP contribution is 2.29. The Morgan fingerprint density at radius 3 is 2.38 bits per heavy atom. The molecular formula is C11H10FNO2S. The van der Waals surface area contributed by atoms with Crippen LogP contribution < -0.4 is 0 Å². The van der Waals surface area contributed by atoms with Gasteiger partial charge in [0.05, 0.1) is 0 Å². The zero-order valence-electron chi connectivity index (χ0n) is 8.61. The molecule has 0 radical (unpaired) electrons. The normalized spacial score (nSPS) is 11.9. The molecule has 1 aromatic rings. The molecule has 5 heteroatoms. The molecule has 0 bridgehead atoms. The van der Waals surface area contributed by atoms with Crippen LogP contribution in [0.2, 0.25) is 0 Å². The van der Waals surface area contributed by atoms with Gasteiger partial charge in [-0.3, -0.25) is 4.99 Å². The topological polar surface area (TPSA) is 49.7 Å². The van der Waals surface area contributed by atoms with Gasteiger partial charge in [-0.2, -0.15) is 0 Å². The quantitative estimate of drug-likeness (QED) is 0.649. The number of carbonyl (C=O) groups is 1. The number of carboxylic acid groups (broad SMARTS) is 1. The minimum Gasteiger partial charge on any atom is -0.476 e. The first-order chi connectivity index (χ1) is 7.60. The van der Waals surface area contributed by atoms with E-state index in [4.69, 9.17) is 5.11 Å². The number of thioether (sulfide) groups is 1. The number of aliphatic imine (C=N–C) groups is 1. The van der Waals surface area contributed by atoms with Crippen LogP contribution in [0.3, 0.4) is 0 Å². The number of halogens is 1. The Hall–Kier alpha value is -1.62. The standard InChI is InChI=1S/C11H10FNO2S/c1-13-9(11(14)15)10(16-2)7-3-5-8(12)6-4-7/h3-6H,1H2,2H3,(H,14,15)/b10-9-. The number of hydrogen-bond acceptors (Lipinski definition) is 3. The molecule has 16 heavy (non-hydrogen) atoms. The van der Waals surface area contributed by atoms with E-state index in [1.165, 1.54) is 36.0 Å². The van der Waals surface area contributed by atoms with Crippen molar-refractivity contribution in [3.63, 3.8) is 0 Å². The first-order valence-electron chi connectivity index (χ1n) is 4.34. The number of benzene rings is 1. The summed E-state index contributed by atoms with van der Waals surface area (Å²) < 4.78 is 12.7. The van der Waals surface area contributed by atoms with E-state index < -0.39 is 5.97 Å². The summed E-state index contributed by atoms with van der Waals surface area (Å²) in [5.74, 6) is -1.52. The second-order valence-corrected chi connectivity index (χ2v) is 3.67. The Morgan fingerprint density at radius 1 is 1.44 bits per heavy atom. The van der Waals surface area contributed by atoms with Crippen molar-refractivity contribution in [3.05, 3.63) is 41.3 Å². The molecule has 0 unspecified atom stereocenters. The molecule has 84 valence electrons. The monoisotopic (exact) mass is 239 g/mol. The van der Waals surface area contributed by atoms with Crippen LogP contribution in [-0.4, -0.2) is 24.0 Å². The molecule has 0 saturated carbocycles. The van der Waals surface area contributed by atoms with Crippen molar-refractivity contribution in [3.8, 4) is 0 Å². The van der Waals surface area contributed by atoms with E-state index in [9.17, 15) is 9.18 Å². The molecule has 0 spiro atoms. The third-order valence-electron chi connectivity index (χ3n) is 1.89. The van der Waals surface area contributed by atoms with Gasteiger partial charge in [0.2, 0.25) is 0 Å². The second-order valence-electron chi connectivity index (χ2n) is 2.85. The third-order valence-corrected chi connectivity index (χ3v) is 2.72. The van der Waals surface area contributed by atoms with Gasteiger partial charge in [0.25, 0.3) is 0 Å². The lowest BCUT2D eigenvalue weighted by atomic mass is 10.2. The first-order valence-corrected chi connectivity index (χ1v) is 5.57. The molecule has 1 rings (SSSR count). The maximum atomic E-state index is 12.7. The molecule has 3 nitrogen and oxygen atoms in total. The average molecular weight is 239 g/mol. The van der Waals surface area contributed by atoms with Crippen molar-refractivity contribution < 1.29 is 14.3 Å². The fourth-order valence-electron chi connectivity index (χ4n) is 1.19. The number of nitrogens with zero attached hydrogens (tertiary/aromatic N) is 1. The van der Waals surface area contributed by atoms with E-state index in [1.807, 2.05) is 0 Å². The predicted molar refractivity (Wildman–Crippen MR) is 64.0 cm³/mol. The highest BCUT2D eigenvalue weighted by Gasteiger charge is 2.13. The summed E-state index contributed by atoms with van der Waals surface area (Å²) in [6.07, 6.45) is 1.73. The summed E-state index contributed by atoms with van der Waals surface area (Å²) in [5, 5.41) is 8.91. The number of carboxylic acids is 1. The van der Waals surface area contributed by atoms with Crippen LogP contribution in [0.15, 0.2) is 35.0 Å². The predicted octanol–water partition coefficient (Wildman–Crippen LogP) is 2.64. The summed E-state index contributed by atoms with van der Waals surface area (Å²) >= 11 is 1.23. The van der Waals surface area contributed by atoms with Crippen molar-refractivity contribution >= 4 is 29.4 Å². The molecule has 0 heterocycles. The Balaban J connectivity index is 3.30. The van der Waals surface area contributed by atoms with E-state index in [1.54, 1.807) is 6.26 Å². The molecule has 0 atom stereocenters. The van der Waals surface area contributed by atoms with Gasteiger partial charge in [0.1, 0.15) is 5.82 Å². The maximum Gasteiger partial charge on any atom is 0.355 e. The lowest BCUT2D eigenvalue weighted by Crippen LogP contribution is -2.00. The highest BCUT2D eigenvalue weighted by atomic mass is 32.2. The van der Waals surface area contributed by atoms with E-state index >= 15 is 0 Å². The summed E-state index contributed by atoms with van der Waals surface area (Å²) in [4.78, 5) is 14.8. The number of aliphatic carboxylic acids is 1. The highest BCUT2D eigenvalue weighted by molar-refractivity contribution is 8.07. The molecule has 1 N–H and O–H groups in total. The second kappa shape index (κ2) is 5.46. The SMILES string of the molecule is C=N/C(C(=O)O)=C(\SC)c1ccc(F)cc1. The van der Waals surface area contributed by atoms with E-state index in [0.717, 1.165) is 0 Å². The Labute approximate surface area is 96.7 Å². The van der Waals surface area contributed by atoms with Gasteiger partial charge in [0, 0.05) is 4.91 Å². The Morgan fingerprint density at radius 2 is 2.00 bits per heavy atom. The summed E-state index contributed by atoms with van der Waals surface area (Å²) in [6, 6.07) is 5.56. The third kappa shape index (κ3) is 2.70. The maximum absolute atomic E-state index is 12.7. The van der Waals surface area contributed by atoms with Crippen LogP contribution in [0.5, 0.6) is 0 Å². The van der Waals surface area contributed by atoms with Crippen molar-refractivity contribution in [1.82, 2.24) is 0 Å². The number of hydrogen-bond donors (Lipinski definition) is 1. The van der Waals surface area contributed by atoms with Crippen LogP contribution in [0.25, 0.3) is 4.91 Å². The minimum atomic E-state index is -1.15. The van der Waals surface area contributed by atoms with Crippen LogP contribution in [0.1, 0.15) is 5.56 Å². The smallest absolute Gasteiger partial charge is 0.355 e. The lowest BCUT2D eigenvalue weighted by Gasteiger charge is -2.06. The van der Waals surface area contributed by atoms with Crippen LogP contribution in [0, 0.1) is 5.82 Å². The Kier molecular flexibility index (Phi) is 4.25. The van der Waals surface area contributed by atoms with Gasteiger partial charge in [-0.25, -0.2) is 9.18 Å². The molecule has 0 aromatic heterocycles. The van der Waals surface area contributed by atoms with Gasteiger partial charge in [-0.15, -0.1) is 11.8 Å². The van der Waals surface area contributed by atoms with Gasteiger partial charge in [-0.05, 0) is 30.7 Å². The largest absolute Gasteiger partial charge is 0.476 e. The van der Waals surface area contributed by atoms with Crippen LogP contribution in [-0.2, 0) is 4.79 Å². The molecule has 1 aromatic carbocycles. The van der Waals surface area contributed by atoms with Gasteiger partial charge >= 0.3 is 5.97 Å². The molecule has 0 aliphatic heterocycles. The van der Waals surface area contributed by atoms with Crippen molar-refractivity contribution in [2.24, 2.45) is 4.99 Å². The summed E-state index contributed by atoms with van der Waals surface area (Å²) in [5.41, 5.74) is 0.484. The fourth-order valence-corrected chi connectivity index (χ4v) is 1.91. The van der Waals surface area contributed by atoms with Crippen LogP contribution in [0.4, 0.5) is 4.39 Å². The minimum absolute atomic E-state index is 0.126. The van der Waals surface area contributed by atoms with E-state index in [2.05, 4.69) is 11.7 Å². The van der Waals surface area contributed by atoms with Gasteiger partial charge in [-0.1, -0.05) is 12.1 Å². The van der Waals surface area contributed by atoms with Crippen molar-refractivity contribution in [1.29, 1.82) is 0 Å². The van der Waals surface area contributed by atoms with Gasteiger partial charge in [0.15, 0.2) is 5.70 Å². The lowest BCUT2D eigenvalue weighted by molar-refractivity contribution is -0.132. The summed E-state index contributed by atoms with van der Waals surface area (Å²) in [7, 11) is 0. The zero-order chi connectivity index (χ0) is 12.1. The molecular weight excluding hydrogens is 229 g/mol.